The Kier molecular flexibility index (Phi) is 7.47. The number of rotatable bonds is 10. The van der Waals surface area contributed by atoms with Crippen LogP contribution in [0.3, 0.4) is 0 Å². The molecule has 0 radical (unpaired) electrons. The molecular formula is C21H29NO2. The molecule has 0 aromatic heterocycles. The van der Waals surface area contributed by atoms with Gasteiger partial charge in [-0.25, -0.2) is 0 Å². The highest BCUT2D eigenvalue weighted by Crippen LogP contribution is 2.18. The molecule has 0 aliphatic carbocycles. The number of hydrogen-bond donors (Lipinski definition) is 1. The van der Waals surface area contributed by atoms with Crippen molar-refractivity contribution in [2.75, 3.05) is 18.5 Å². The van der Waals surface area contributed by atoms with Gasteiger partial charge in [-0.2, -0.15) is 0 Å². The molecule has 0 heterocycles. The van der Waals surface area contributed by atoms with E-state index in [1.165, 1.54) is 5.56 Å². The van der Waals surface area contributed by atoms with Crippen molar-refractivity contribution in [1.82, 2.24) is 0 Å². The highest BCUT2D eigenvalue weighted by molar-refractivity contribution is 5.47. The number of ether oxygens (including phenoxy) is 2. The van der Waals surface area contributed by atoms with Crippen LogP contribution in [0.5, 0.6) is 11.5 Å². The molecule has 0 bridgehead atoms. The van der Waals surface area contributed by atoms with Crippen molar-refractivity contribution in [3.8, 4) is 11.5 Å². The maximum Gasteiger partial charge on any atom is 0.119 e. The minimum Gasteiger partial charge on any atom is -0.494 e. The Morgan fingerprint density at radius 3 is 2.38 bits per heavy atom. The fourth-order valence-electron chi connectivity index (χ4n) is 2.25. The van der Waals surface area contributed by atoms with E-state index in [0.29, 0.717) is 5.92 Å². The molecule has 0 saturated heterocycles. The van der Waals surface area contributed by atoms with Crippen molar-refractivity contribution in [3.63, 3.8) is 0 Å². The maximum absolute atomic E-state index is 5.74. The fourth-order valence-corrected chi connectivity index (χ4v) is 2.25. The molecule has 2 aromatic rings. The van der Waals surface area contributed by atoms with Gasteiger partial charge in [-0.3, -0.25) is 0 Å². The average Bonchev–Trinajstić information content (AvgIpc) is 2.59. The lowest BCUT2D eigenvalue weighted by Gasteiger charge is -2.11. The first-order valence-electron chi connectivity index (χ1n) is 8.86. The van der Waals surface area contributed by atoms with Gasteiger partial charge in [0.15, 0.2) is 0 Å². The van der Waals surface area contributed by atoms with Crippen molar-refractivity contribution in [2.45, 2.75) is 40.2 Å². The summed E-state index contributed by atoms with van der Waals surface area (Å²) in [6, 6.07) is 16.4. The molecule has 0 fully saturated rings. The first kappa shape index (κ1) is 18.2. The highest BCUT2D eigenvalue weighted by atomic mass is 16.5. The molecule has 24 heavy (non-hydrogen) atoms. The topological polar surface area (TPSA) is 30.5 Å². The Morgan fingerprint density at radius 1 is 0.917 bits per heavy atom. The number of benzene rings is 2. The van der Waals surface area contributed by atoms with Gasteiger partial charge in [0.25, 0.3) is 0 Å². The second-order valence-electron chi connectivity index (χ2n) is 6.40. The Bertz CT molecular complexity index is 593. The maximum atomic E-state index is 5.74. The predicted octanol–water partition coefficient (Wildman–Crippen LogP) is 5.51. The molecule has 2 rings (SSSR count). The smallest absolute Gasteiger partial charge is 0.119 e. The van der Waals surface area contributed by atoms with Crippen LogP contribution in [0.25, 0.3) is 0 Å². The summed E-state index contributed by atoms with van der Waals surface area (Å²) in [5.74, 6) is 2.53. The normalized spacial score (nSPS) is 10.7. The fraction of sp³-hybridized carbons (Fsp3) is 0.429. The van der Waals surface area contributed by atoms with Gasteiger partial charge in [0.1, 0.15) is 11.5 Å². The first-order valence-corrected chi connectivity index (χ1v) is 8.86. The van der Waals surface area contributed by atoms with Gasteiger partial charge in [-0.15, -0.1) is 0 Å². The standard InChI is InChI=1S/C21H29NO2/c1-4-13-23-21-7-5-6-18(15-21)16-22-19-8-10-20(11-9-19)24-14-12-17(2)3/h5-11,15,17,22H,4,12-14,16H2,1-3H3. The highest BCUT2D eigenvalue weighted by Gasteiger charge is 2.00. The minimum atomic E-state index is 0.669. The molecule has 0 aliphatic rings. The molecule has 0 aliphatic heterocycles. The van der Waals surface area contributed by atoms with E-state index in [-0.39, 0.29) is 0 Å². The third-order valence-electron chi connectivity index (χ3n) is 3.69. The van der Waals surface area contributed by atoms with Crippen LogP contribution in [0.15, 0.2) is 48.5 Å². The van der Waals surface area contributed by atoms with E-state index in [9.17, 15) is 0 Å². The Hall–Kier alpha value is -2.16. The summed E-state index contributed by atoms with van der Waals surface area (Å²) in [6.07, 6.45) is 2.10. The lowest BCUT2D eigenvalue weighted by atomic mass is 10.1. The van der Waals surface area contributed by atoms with E-state index < -0.39 is 0 Å². The molecule has 0 amide bonds. The lowest BCUT2D eigenvalue weighted by molar-refractivity contribution is 0.289. The molecular weight excluding hydrogens is 298 g/mol. The SMILES string of the molecule is CCCOc1cccc(CNc2ccc(OCCC(C)C)cc2)c1. The van der Waals surface area contributed by atoms with Crippen molar-refractivity contribution in [1.29, 1.82) is 0 Å². The zero-order valence-corrected chi connectivity index (χ0v) is 15.0. The molecule has 130 valence electrons. The summed E-state index contributed by atoms with van der Waals surface area (Å²) in [5.41, 5.74) is 2.30. The second-order valence-corrected chi connectivity index (χ2v) is 6.40. The van der Waals surface area contributed by atoms with Crippen molar-refractivity contribution >= 4 is 5.69 Å². The van der Waals surface area contributed by atoms with Crippen molar-refractivity contribution in [3.05, 3.63) is 54.1 Å². The molecule has 0 unspecified atom stereocenters. The minimum absolute atomic E-state index is 0.669. The molecule has 3 nitrogen and oxygen atoms in total. The molecule has 0 saturated carbocycles. The zero-order valence-electron chi connectivity index (χ0n) is 15.0. The van der Waals surface area contributed by atoms with Gasteiger partial charge in [0.05, 0.1) is 13.2 Å². The monoisotopic (exact) mass is 327 g/mol. The summed E-state index contributed by atoms with van der Waals surface area (Å²) in [6.45, 7) is 8.83. The third-order valence-corrected chi connectivity index (χ3v) is 3.69. The van der Waals surface area contributed by atoms with E-state index in [4.69, 9.17) is 9.47 Å². The van der Waals surface area contributed by atoms with Crippen LogP contribution in [0.2, 0.25) is 0 Å². The van der Waals surface area contributed by atoms with Gasteiger partial charge >= 0.3 is 0 Å². The first-order chi connectivity index (χ1) is 11.7. The van der Waals surface area contributed by atoms with Crippen LogP contribution in [0.1, 0.15) is 39.2 Å². The van der Waals surface area contributed by atoms with Crippen molar-refractivity contribution in [2.24, 2.45) is 5.92 Å². The quantitative estimate of drug-likeness (QED) is 0.624. The second kappa shape index (κ2) is 9.86. The summed E-state index contributed by atoms with van der Waals surface area (Å²) < 4.78 is 11.4. The average molecular weight is 327 g/mol. The van der Waals surface area contributed by atoms with E-state index in [1.807, 2.05) is 24.3 Å². The van der Waals surface area contributed by atoms with Crippen LogP contribution < -0.4 is 14.8 Å². The van der Waals surface area contributed by atoms with Crippen molar-refractivity contribution < 1.29 is 9.47 Å². The van der Waals surface area contributed by atoms with E-state index in [0.717, 1.165) is 49.8 Å². The Morgan fingerprint density at radius 2 is 1.67 bits per heavy atom. The summed E-state index contributed by atoms with van der Waals surface area (Å²) >= 11 is 0. The van der Waals surface area contributed by atoms with E-state index in [1.54, 1.807) is 0 Å². The predicted molar refractivity (Wildman–Crippen MR) is 101 cm³/mol. The number of hydrogen-bond acceptors (Lipinski definition) is 3. The van der Waals surface area contributed by atoms with Gasteiger partial charge < -0.3 is 14.8 Å². The van der Waals surface area contributed by atoms with Crippen LogP contribution in [-0.4, -0.2) is 13.2 Å². The Balaban J connectivity index is 1.81. The molecule has 3 heteroatoms. The summed E-state index contributed by atoms with van der Waals surface area (Å²) in [4.78, 5) is 0. The van der Waals surface area contributed by atoms with Crippen LogP contribution >= 0.6 is 0 Å². The molecule has 1 N–H and O–H groups in total. The van der Waals surface area contributed by atoms with Gasteiger partial charge in [0, 0.05) is 12.2 Å². The number of nitrogens with one attached hydrogen (secondary N) is 1. The molecule has 2 aromatic carbocycles. The van der Waals surface area contributed by atoms with Gasteiger partial charge in [0.2, 0.25) is 0 Å². The van der Waals surface area contributed by atoms with E-state index >= 15 is 0 Å². The number of anilines is 1. The Labute approximate surface area is 146 Å². The van der Waals surface area contributed by atoms with E-state index in [2.05, 4.69) is 50.4 Å². The summed E-state index contributed by atoms with van der Waals surface area (Å²) in [7, 11) is 0. The van der Waals surface area contributed by atoms with Gasteiger partial charge in [-0.05, 0) is 60.7 Å². The summed E-state index contributed by atoms with van der Waals surface area (Å²) in [5, 5.41) is 3.43. The van der Waals surface area contributed by atoms with Crippen LogP contribution in [-0.2, 0) is 6.54 Å². The van der Waals surface area contributed by atoms with Crippen LogP contribution in [0, 0.1) is 5.92 Å². The lowest BCUT2D eigenvalue weighted by Crippen LogP contribution is -2.02. The molecule has 0 atom stereocenters. The zero-order chi connectivity index (χ0) is 17.2. The van der Waals surface area contributed by atoms with Crippen LogP contribution in [0.4, 0.5) is 5.69 Å². The molecule has 0 spiro atoms. The largest absolute Gasteiger partial charge is 0.494 e. The third kappa shape index (κ3) is 6.53. The van der Waals surface area contributed by atoms with Gasteiger partial charge in [-0.1, -0.05) is 32.9 Å².